The first-order valence-electron chi connectivity index (χ1n) is 7.19. The molecule has 0 bridgehead atoms. The number of hydrogen-bond acceptors (Lipinski definition) is 2. The van der Waals surface area contributed by atoms with Crippen LogP contribution in [0.1, 0.15) is 43.3 Å². The van der Waals surface area contributed by atoms with Crippen LogP contribution in [0.4, 0.5) is 4.39 Å². The molecule has 1 atom stereocenters. The number of hydrogen-bond donors (Lipinski definition) is 1. The van der Waals surface area contributed by atoms with E-state index in [0.29, 0.717) is 5.56 Å². The van der Waals surface area contributed by atoms with Crippen molar-refractivity contribution in [3.8, 4) is 0 Å². The summed E-state index contributed by atoms with van der Waals surface area (Å²) < 4.78 is 16.1. The fraction of sp³-hybridized carbons (Fsp3) is 0.438. The Labute approximate surface area is 119 Å². The topological polar surface area (TPSA) is 29.9 Å². The van der Waals surface area contributed by atoms with Gasteiger partial charge in [-0.1, -0.05) is 25.1 Å². The van der Waals surface area contributed by atoms with Crippen molar-refractivity contribution in [1.29, 1.82) is 0 Å². The number of nitrogens with one attached hydrogen (secondary N) is 1. The SMILES string of the molecule is CCCNC(c1ccccc1F)c1cc(C)nn1CC. The molecule has 20 heavy (non-hydrogen) atoms. The minimum absolute atomic E-state index is 0.155. The first-order valence-corrected chi connectivity index (χ1v) is 7.19. The van der Waals surface area contributed by atoms with Crippen LogP contribution in [0.5, 0.6) is 0 Å². The third kappa shape index (κ3) is 3.07. The number of aromatic nitrogens is 2. The van der Waals surface area contributed by atoms with E-state index in [1.807, 2.05) is 36.7 Å². The molecule has 0 saturated heterocycles. The zero-order valence-electron chi connectivity index (χ0n) is 12.4. The van der Waals surface area contributed by atoms with Gasteiger partial charge in [0.1, 0.15) is 5.82 Å². The molecule has 108 valence electrons. The Hall–Kier alpha value is -1.68. The number of halogens is 1. The van der Waals surface area contributed by atoms with Crippen molar-refractivity contribution in [1.82, 2.24) is 15.1 Å². The zero-order chi connectivity index (χ0) is 14.5. The lowest BCUT2D eigenvalue weighted by Crippen LogP contribution is -2.26. The van der Waals surface area contributed by atoms with Gasteiger partial charge in [-0.15, -0.1) is 0 Å². The predicted molar refractivity (Wildman–Crippen MR) is 79.2 cm³/mol. The fourth-order valence-electron chi connectivity index (χ4n) is 2.42. The van der Waals surface area contributed by atoms with E-state index in [1.165, 1.54) is 6.07 Å². The first kappa shape index (κ1) is 14.7. The Kier molecular flexibility index (Phi) is 4.90. The molecule has 0 radical (unpaired) electrons. The van der Waals surface area contributed by atoms with Crippen molar-refractivity contribution >= 4 is 0 Å². The molecule has 3 nitrogen and oxygen atoms in total. The minimum atomic E-state index is -0.178. The van der Waals surface area contributed by atoms with E-state index in [4.69, 9.17) is 0 Å². The molecule has 2 rings (SSSR count). The monoisotopic (exact) mass is 275 g/mol. The molecule has 1 heterocycles. The molecule has 0 saturated carbocycles. The van der Waals surface area contributed by atoms with Gasteiger partial charge in [-0.2, -0.15) is 5.10 Å². The third-order valence-electron chi connectivity index (χ3n) is 3.34. The first-order chi connectivity index (χ1) is 9.67. The molecule has 1 aromatic heterocycles. The van der Waals surface area contributed by atoms with E-state index in [-0.39, 0.29) is 11.9 Å². The van der Waals surface area contributed by atoms with Crippen molar-refractivity contribution in [2.45, 2.75) is 39.8 Å². The van der Waals surface area contributed by atoms with Crippen molar-refractivity contribution in [2.75, 3.05) is 6.54 Å². The van der Waals surface area contributed by atoms with Crippen molar-refractivity contribution in [2.24, 2.45) is 0 Å². The van der Waals surface area contributed by atoms with Gasteiger partial charge in [0, 0.05) is 12.1 Å². The van der Waals surface area contributed by atoms with Crippen LogP contribution >= 0.6 is 0 Å². The Morgan fingerprint density at radius 1 is 1.30 bits per heavy atom. The van der Waals surface area contributed by atoms with E-state index in [2.05, 4.69) is 17.3 Å². The Bertz CT molecular complexity index is 563. The highest BCUT2D eigenvalue weighted by atomic mass is 19.1. The highest BCUT2D eigenvalue weighted by Gasteiger charge is 2.21. The predicted octanol–water partition coefficient (Wildman–Crippen LogP) is 3.44. The summed E-state index contributed by atoms with van der Waals surface area (Å²) in [5, 5.41) is 7.90. The van der Waals surface area contributed by atoms with Crippen LogP contribution in [0.3, 0.4) is 0 Å². The number of nitrogens with zero attached hydrogens (tertiary/aromatic N) is 2. The summed E-state index contributed by atoms with van der Waals surface area (Å²) in [6.07, 6.45) is 1.00. The van der Waals surface area contributed by atoms with Crippen LogP contribution in [0.2, 0.25) is 0 Å². The summed E-state index contributed by atoms with van der Waals surface area (Å²) in [5.41, 5.74) is 2.65. The fourth-order valence-corrected chi connectivity index (χ4v) is 2.42. The quantitative estimate of drug-likeness (QED) is 0.875. The van der Waals surface area contributed by atoms with E-state index in [9.17, 15) is 4.39 Å². The number of aryl methyl sites for hydroxylation is 2. The highest BCUT2D eigenvalue weighted by molar-refractivity contribution is 5.30. The van der Waals surface area contributed by atoms with E-state index in [1.54, 1.807) is 6.07 Å². The average molecular weight is 275 g/mol. The van der Waals surface area contributed by atoms with Crippen molar-refractivity contribution in [3.05, 3.63) is 53.1 Å². The molecular formula is C16H22FN3. The summed E-state index contributed by atoms with van der Waals surface area (Å²) >= 11 is 0. The standard InChI is InChI=1S/C16H22FN3/c1-4-10-18-16(13-8-6-7-9-14(13)17)15-11-12(3)19-20(15)5-2/h6-9,11,16,18H,4-5,10H2,1-3H3. The Morgan fingerprint density at radius 3 is 2.70 bits per heavy atom. The molecule has 1 aromatic carbocycles. The van der Waals surface area contributed by atoms with Gasteiger partial charge < -0.3 is 5.32 Å². The van der Waals surface area contributed by atoms with Crippen LogP contribution in [-0.2, 0) is 6.54 Å². The summed E-state index contributed by atoms with van der Waals surface area (Å²) in [6, 6.07) is 8.82. The maximum absolute atomic E-state index is 14.1. The second-order valence-corrected chi connectivity index (χ2v) is 4.93. The van der Waals surface area contributed by atoms with Crippen LogP contribution in [0, 0.1) is 12.7 Å². The second-order valence-electron chi connectivity index (χ2n) is 4.93. The molecule has 0 aliphatic heterocycles. The lowest BCUT2D eigenvalue weighted by molar-refractivity contribution is 0.505. The van der Waals surface area contributed by atoms with Gasteiger partial charge in [0.25, 0.3) is 0 Å². The summed E-state index contributed by atoms with van der Waals surface area (Å²) in [7, 11) is 0. The third-order valence-corrected chi connectivity index (χ3v) is 3.34. The highest BCUT2D eigenvalue weighted by Crippen LogP contribution is 2.25. The molecule has 1 unspecified atom stereocenters. The number of rotatable bonds is 6. The molecule has 0 aliphatic rings. The molecule has 0 aliphatic carbocycles. The molecular weight excluding hydrogens is 253 g/mol. The van der Waals surface area contributed by atoms with Gasteiger partial charge in [-0.3, -0.25) is 4.68 Å². The molecule has 0 fully saturated rings. The Morgan fingerprint density at radius 2 is 2.05 bits per heavy atom. The average Bonchev–Trinajstić information content (AvgIpc) is 2.82. The smallest absolute Gasteiger partial charge is 0.128 e. The van der Waals surface area contributed by atoms with Gasteiger partial charge in [-0.25, -0.2) is 4.39 Å². The number of benzene rings is 1. The van der Waals surface area contributed by atoms with E-state index < -0.39 is 0 Å². The minimum Gasteiger partial charge on any atom is -0.305 e. The molecule has 0 spiro atoms. The van der Waals surface area contributed by atoms with E-state index >= 15 is 0 Å². The second kappa shape index (κ2) is 6.66. The maximum atomic E-state index is 14.1. The van der Waals surface area contributed by atoms with E-state index in [0.717, 1.165) is 30.9 Å². The zero-order valence-corrected chi connectivity index (χ0v) is 12.4. The van der Waals surface area contributed by atoms with Gasteiger partial charge in [-0.05, 0) is 38.9 Å². The van der Waals surface area contributed by atoms with Crippen LogP contribution < -0.4 is 5.32 Å². The van der Waals surface area contributed by atoms with Crippen molar-refractivity contribution < 1.29 is 4.39 Å². The molecule has 0 amide bonds. The van der Waals surface area contributed by atoms with Crippen molar-refractivity contribution in [3.63, 3.8) is 0 Å². The summed E-state index contributed by atoms with van der Waals surface area (Å²) in [5.74, 6) is -0.178. The summed E-state index contributed by atoms with van der Waals surface area (Å²) in [4.78, 5) is 0. The van der Waals surface area contributed by atoms with Gasteiger partial charge in [0.05, 0.1) is 17.4 Å². The van der Waals surface area contributed by atoms with Crippen LogP contribution in [0.15, 0.2) is 30.3 Å². The lowest BCUT2D eigenvalue weighted by atomic mass is 10.0. The molecule has 1 N–H and O–H groups in total. The summed E-state index contributed by atoms with van der Waals surface area (Å²) in [6.45, 7) is 7.74. The van der Waals surface area contributed by atoms with Gasteiger partial charge >= 0.3 is 0 Å². The van der Waals surface area contributed by atoms with Crippen LogP contribution in [0.25, 0.3) is 0 Å². The Balaban J connectivity index is 2.44. The lowest BCUT2D eigenvalue weighted by Gasteiger charge is -2.20. The molecule has 2 aromatic rings. The molecule has 4 heteroatoms. The maximum Gasteiger partial charge on any atom is 0.128 e. The largest absolute Gasteiger partial charge is 0.305 e. The van der Waals surface area contributed by atoms with Gasteiger partial charge in [0.15, 0.2) is 0 Å². The van der Waals surface area contributed by atoms with Crippen LogP contribution in [-0.4, -0.2) is 16.3 Å². The van der Waals surface area contributed by atoms with Gasteiger partial charge in [0.2, 0.25) is 0 Å². The normalized spacial score (nSPS) is 12.6.